The number of fused-ring (bicyclic) bond motifs is 4. The molecule has 1 aliphatic rings. The minimum absolute atomic E-state index is 0.630. The van der Waals surface area contributed by atoms with Gasteiger partial charge in [-0.1, -0.05) is 158 Å². The molecule has 0 fully saturated rings. The van der Waals surface area contributed by atoms with Crippen LogP contribution < -0.4 is 0 Å². The van der Waals surface area contributed by atoms with Crippen LogP contribution in [0.15, 0.2) is 221 Å². The van der Waals surface area contributed by atoms with E-state index in [0.29, 0.717) is 5.84 Å². The molecule has 0 N–H and O–H groups in total. The zero-order chi connectivity index (χ0) is 36.6. The van der Waals surface area contributed by atoms with Gasteiger partial charge in [0.2, 0.25) is 0 Å². The number of allylic oxidation sites excluding steroid dienone is 3. The third kappa shape index (κ3) is 6.28. The molecule has 10 rings (SSSR count). The molecule has 0 aliphatic carbocycles. The van der Waals surface area contributed by atoms with Crippen LogP contribution in [0.4, 0.5) is 0 Å². The fourth-order valence-corrected chi connectivity index (χ4v) is 7.55. The zero-order valence-electron chi connectivity index (χ0n) is 29.9. The molecule has 1 aromatic heterocycles. The average Bonchev–Trinajstić information content (AvgIpc) is 3.63. The molecular formula is C52H34N2O. The van der Waals surface area contributed by atoms with Gasteiger partial charge in [0, 0.05) is 27.5 Å². The maximum atomic E-state index is 6.57. The summed E-state index contributed by atoms with van der Waals surface area (Å²) in [6, 6.07) is 65.7. The second-order valence-corrected chi connectivity index (χ2v) is 13.8. The smallest absolute Gasteiger partial charge is 0.160 e. The Labute approximate surface area is 319 Å². The molecule has 55 heavy (non-hydrogen) atoms. The normalized spacial score (nSPS) is 13.0. The summed E-state index contributed by atoms with van der Waals surface area (Å²) in [4.78, 5) is 10.9. The number of furan rings is 1. The van der Waals surface area contributed by atoms with E-state index in [-0.39, 0.29) is 0 Å². The average molecular weight is 703 g/mol. The van der Waals surface area contributed by atoms with Gasteiger partial charge in [0.05, 0.1) is 11.4 Å². The molecule has 2 heterocycles. The standard InChI is InChI=1S/C52H34N2O/c1-3-14-35(15-4-1)39-20-11-22-42(31-39)47-25-13-26-48(54-52(53-47)43-23-12-21-40(32-43)36-16-5-2-6-17-36)46-33-44(41-29-28-37-18-7-8-19-38(37)30-41)34-50-51(46)45-24-9-10-27-49(45)55-50/h1-34H. The molecule has 3 nitrogen and oxygen atoms in total. The lowest BCUT2D eigenvalue weighted by molar-refractivity contribution is 0.669. The lowest BCUT2D eigenvalue weighted by Crippen LogP contribution is -2.07. The van der Waals surface area contributed by atoms with Crippen LogP contribution in [0.3, 0.4) is 0 Å². The van der Waals surface area contributed by atoms with Gasteiger partial charge in [-0.3, -0.25) is 0 Å². The molecule has 0 atom stereocenters. The maximum Gasteiger partial charge on any atom is 0.160 e. The van der Waals surface area contributed by atoms with Crippen LogP contribution in [0.1, 0.15) is 16.7 Å². The van der Waals surface area contributed by atoms with Gasteiger partial charge in [0.1, 0.15) is 11.2 Å². The lowest BCUT2D eigenvalue weighted by Gasteiger charge is -2.14. The fourth-order valence-electron chi connectivity index (χ4n) is 7.55. The highest BCUT2D eigenvalue weighted by Gasteiger charge is 2.19. The number of amidine groups is 1. The summed E-state index contributed by atoms with van der Waals surface area (Å²) >= 11 is 0. The molecule has 0 saturated carbocycles. The van der Waals surface area contributed by atoms with Crippen molar-refractivity contribution in [1.82, 2.24) is 0 Å². The van der Waals surface area contributed by atoms with Gasteiger partial charge in [0.25, 0.3) is 0 Å². The Morgan fingerprint density at radius 1 is 0.382 bits per heavy atom. The van der Waals surface area contributed by atoms with E-state index in [9.17, 15) is 0 Å². The molecule has 0 amide bonds. The Morgan fingerprint density at radius 2 is 1.00 bits per heavy atom. The second-order valence-electron chi connectivity index (χ2n) is 13.8. The second kappa shape index (κ2) is 13.9. The van der Waals surface area contributed by atoms with Gasteiger partial charge < -0.3 is 4.42 Å². The number of benzene rings is 8. The van der Waals surface area contributed by atoms with E-state index >= 15 is 0 Å². The Morgan fingerprint density at radius 3 is 1.78 bits per heavy atom. The summed E-state index contributed by atoms with van der Waals surface area (Å²) in [5.74, 6) is 0.630. The van der Waals surface area contributed by atoms with E-state index in [1.807, 2.05) is 24.3 Å². The van der Waals surface area contributed by atoms with E-state index in [1.54, 1.807) is 0 Å². The first-order valence-corrected chi connectivity index (χ1v) is 18.6. The van der Waals surface area contributed by atoms with Crippen molar-refractivity contribution in [2.45, 2.75) is 0 Å². The zero-order valence-corrected chi connectivity index (χ0v) is 29.9. The van der Waals surface area contributed by atoms with Crippen molar-refractivity contribution in [3.05, 3.63) is 223 Å². The SMILES string of the molecule is C1=CC(c2cccc(-c3ccccc3)c2)=NC(c2cccc(-c3ccccc3)c2)=NC(c2cc(-c3ccc4ccccc4c3)cc3oc4ccccc4c23)=C1. The molecule has 8 aromatic carbocycles. The molecule has 1 aliphatic heterocycles. The van der Waals surface area contributed by atoms with Crippen LogP contribution >= 0.6 is 0 Å². The summed E-state index contributed by atoms with van der Waals surface area (Å²) in [5, 5.41) is 4.48. The Balaban J connectivity index is 1.18. The van der Waals surface area contributed by atoms with E-state index in [1.165, 1.54) is 10.8 Å². The van der Waals surface area contributed by atoms with Crippen LogP contribution in [0.5, 0.6) is 0 Å². The third-order valence-corrected chi connectivity index (χ3v) is 10.3. The van der Waals surface area contributed by atoms with Gasteiger partial charge in [-0.25, -0.2) is 9.98 Å². The molecular weight excluding hydrogens is 669 g/mol. The van der Waals surface area contributed by atoms with Crippen LogP contribution in [-0.4, -0.2) is 11.5 Å². The van der Waals surface area contributed by atoms with Crippen molar-refractivity contribution in [3.63, 3.8) is 0 Å². The number of hydrogen-bond donors (Lipinski definition) is 0. The van der Waals surface area contributed by atoms with Crippen molar-refractivity contribution < 1.29 is 4.42 Å². The highest BCUT2D eigenvalue weighted by molar-refractivity contribution is 6.20. The number of rotatable bonds is 6. The monoisotopic (exact) mass is 702 g/mol. The molecule has 0 spiro atoms. The fraction of sp³-hybridized carbons (Fsp3) is 0. The number of hydrogen-bond acceptors (Lipinski definition) is 3. The van der Waals surface area contributed by atoms with Gasteiger partial charge in [0.15, 0.2) is 5.84 Å². The van der Waals surface area contributed by atoms with Crippen LogP contribution in [0, 0.1) is 0 Å². The Hall–Kier alpha value is -7.36. The summed E-state index contributed by atoms with van der Waals surface area (Å²) in [7, 11) is 0. The highest BCUT2D eigenvalue weighted by atomic mass is 16.3. The first kappa shape index (κ1) is 32.3. The number of nitrogens with zero attached hydrogens (tertiary/aromatic N) is 2. The Bertz CT molecular complexity index is 3020. The first-order valence-electron chi connectivity index (χ1n) is 18.6. The van der Waals surface area contributed by atoms with Gasteiger partial charge >= 0.3 is 0 Å². The molecule has 258 valence electrons. The highest BCUT2D eigenvalue weighted by Crippen LogP contribution is 2.39. The largest absolute Gasteiger partial charge is 0.456 e. The molecule has 0 saturated heterocycles. The van der Waals surface area contributed by atoms with Gasteiger partial charge in [-0.15, -0.1) is 0 Å². The summed E-state index contributed by atoms with van der Waals surface area (Å²) < 4.78 is 6.57. The summed E-state index contributed by atoms with van der Waals surface area (Å²) in [6.07, 6.45) is 6.27. The van der Waals surface area contributed by atoms with E-state index in [0.717, 1.165) is 83.4 Å². The van der Waals surface area contributed by atoms with Crippen LogP contribution in [-0.2, 0) is 0 Å². The number of para-hydroxylation sites is 1. The predicted molar refractivity (Wildman–Crippen MR) is 231 cm³/mol. The van der Waals surface area contributed by atoms with E-state index in [4.69, 9.17) is 14.4 Å². The predicted octanol–water partition coefficient (Wildman–Crippen LogP) is 13.6. The van der Waals surface area contributed by atoms with Crippen molar-refractivity contribution >= 4 is 50.0 Å². The van der Waals surface area contributed by atoms with Gasteiger partial charge in [-0.05, 0) is 92.7 Å². The molecule has 0 unspecified atom stereocenters. The molecule has 3 heteroatoms. The Kier molecular flexibility index (Phi) is 8.16. The van der Waals surface area contributed by atoms with Crippen molar-refractivity contribution in [2.75, 3.05) is 0 Å². The molecule has 0 bridgehead atoms. The van der Waals surface area contributed by atoms with Crippen molar-refractivity contribution in [2.24, 2.45) is 9.98 Å². The topological polar surface area (TPSA) is 37.9 Å². The first-order chi connectivity index (χ1) is 27.2. The van der Waals surface area contributed by atoms with E-state index < -0.39 is 0 Å². The van der Waals surface area contributed by atoms with Crippen molar-refractivity contribution in [1.29, 1.82) is 0 Å². The van der Waals surface area contributed by atoms with Gasteiger partial charge in [-0.2, -0.15) is 0 Å². The summed E-state index contributed by atoms with van der Waals surface area (Å²) in [6.45, 7) is 0. The van der Waals surface area contributed by atoms with Crippen LogP contribution in [0.25, 0.3) is 71.8 Å². The van der Waals surface area contributed by atoms with Crippen molar-refractivity contribution in [3.8, 4) is 33.4 Å². The summed E-state index contributed by atoms with van der Waals surface area (Å²) in [5.41, 5.74) is 12.9. The third-order valence-electron chi connectivity index (χ3n) is 10.3. The van der Waals surface area contributed by atoms with Crippen LogP contribution in [0.2, 0.25) is 0 Å². The lowest BCUT2D eigenvalue weighted by atomic mass is 9.95. The maximum absolute atomic E-state index is 6.57. The molecule has 0 radical (unpaired) electrons. The minimum atomic E-state index is 0.630. The quantitative estimate of drug-likeness (QED) is 0.170. The van der Waals surface area contributed by atoms with E-state index in [2.05, 4.69) is 182 Å². The number of aliphatic imine (C=N–C) groups is 2. The minimum Gasteiger partial charge on any atom is -0.456 e. The molecule has 9 aromatic rings.